The number of esters is 3. The average Bonchev–Trinajstić information content (AvgIpc) is 2.90. The van der Waals surface area contributed by atoms with Gasteiger partial charge in [0.2, 0.25) is 5.91 Å². The fraction of sp³-hybridized carbons (Fsp3) is 0.448. The zero-order chi connectivity index (χ0) is 29.1. The standard InChI is InChI=1S/C29H35NO10/c1-18(31)30-26-28(39-21(4)34)27(38-20(3)33)25(17-36-19(2)32)40-29(26)35-15-14-22-10-12-24(13-11-22)37-16-23-8-6-5-7-9-23/h5-13,25-29H,14-17H2,1-4H3,(H,30,31)/t25-,26-,27-,28-,29-/m1/s1. The lowest BCUT2D eigenvalue weighted by Crippen LogP contribution is -2.66. The molecule has 0 radical (unpaired) electrons. The average molecular weight is 558 g/mol. The van der Waals surface area contributed by atoms with Crippen molar-refractivity contribution in [3.8, 4) is 5.75 Å². The fourth-order valence-corrected chi connectivity index (χ4v) is 4.22. The zero-order valence-corrected chi connectivity index (χ0v) is 23.0. The summed E-state index contributed by atoms with van der Waals surface area (Å²) in [4.78, 5) is 47.3. The van der Waals surface area contributed by atoms with Gasteiger partial charge in [-0.2, -0.15) is 0 Å². The monoisotopic (exact) mass is 557 g/mol. The Morgan fingerprint density at radius 3 is 2.05 bits per heavy atom. The number of rotatable bonds is 12. The van der Waals surface area contributed by atoms with Crippen molar-refractivity contribution in [3.63, 3.8) is 0 Å². The summed E-state index contributed by atoms with van der Waals surface area (Å²) < 4.78 is 33.8. The molecule has 0 bridgehead atoms. The van der Waals surface area contributed by atoms with Crippen LogP contribution in [0.25, 0.3) is 0 Å². The number of ether oxygens (including phenoxy) is 6. The van der Waals surface area contributed by atoms with E-state index in [1.54, 1.807) is 0 Å². The lowest BCUT2D eigenvalue weighted by molar-refractivity contribution is -0.277. The quantitative estimate of drug-likeness (QED) is 0.306. The Morgan fingerprint density at radius 1 is 0.800 bits per heavy atom. The summed E-state index contributed by atoms with van der Waals surface area (Å²) in [5.74, 6) is -1.63. The summed E-state index contributed by atoms with van der Waals surface area (Å²) >= 11 is 0. The van der Waals surface area contributed by atoms with Gasteiger partial charge in [-0.1, -0.05) is 42.5 Å². The summed E-state index contributed by atoms with van der Waals surface area (Å²) in [5, 5.41) is 2.68. The molecule has 1 saturated heterocycles. The molecular formula is C29H35NO10. The van der Waals surface area contributed by atoms with Crippen LogP contribution in [0.5, 0.6) is 5.75 Å². The van der Waals surface area contributed by atoms with E-state index in [-0.39, 0.29) is 13.2 Å². The highest BCUT2D eigenvalue weighted by atomic mass is 16.7. The van der Waals surface area contributed by atoms with Gasteiger partial charge in [-0.05, 0) is 29.7 Å². The van der Waals surface area contributed by atoms with Crippen molar-refractivity contribution in [2.75, 3.05) is 13.2 Å². The van der Waals surface area contributed by atoms with Gasteiger partial charge in [0.15, 0.2) is 18.5 Å². The Hall–Kier alpha value is -3.96. The van der Waals surface area contributed by atoms with E-state index in [0.717, 1.165) is 16.9 Å². The molecule has 1 heterocycles. The first-order chi connectivity index (χ1) is 19.1. The second-order valence-electron chi connectivity index (χ2n) is 9.26. The number of nitrogens with one attached hydrogen (secondary N) is 1. The van der Waals surface area contributed by atoms with E-state index in [1.165, 1.54) is 27.7 Å². The van der Waals surface area contributed by atoms with Crippen molar-refractivity contribution in [2.24, 2.45) is 0 Å². The smallest absolute Gasteiger partial charge is 0.303 e. The molecule has 5 atom stereocenters. The van der Waals surface area contributed by atoms with Gasteiger partial charge in [0.1, 0.15) is 31.1 Å². The molecule has 1 fully saturated rings. The molecule has 1 aliphatic rings. The second kappa shape index (κ2) is 15.0. The Balaban J connectivity index is 1.69. The van der Waals surface area contributed by atoms with Crippen LogP contribution in [0.3, 0.4) is 0 Å². The van der Waals surface area contributed by atoms with E-state index < -0.39 is 54.5 Å². The molecule has 1 amide bonds. The number of carbonyl (C=O) groups is 4. The van der Waals surface area contributed by atoms with Crippen molar-refractivity contribution in [1.82, 2.24) is 5.32 Å². The van der Waals surface area contributed by atoms with Crippen molar-refractivity contribution >= 4 is 23.8 Å². The first kappa shape index (κ1) is 30.6. The maximum Gasteiger partial charge on any atom is 0.303 e. The topological polar surface area (TPSA) is 136 Å². The predicted octanol–water partition coefficient (Wildman–Crippen LogP) is 2.48. The van der Waals surface area contributed by atoms with Crippen LogP contribution < -0.4 is 10.1 Å². The van der Waals surface area contributed by atoms with E-state index in [0.29, 0.717) is 13.0 Å². The van der Waals surface area contributed by atoms with E-state index in [4.69, 9.17) is 28.4 Å². The molecule has 0 aliphatic carbocycles. The molecular weight excluding hydrogens is 522 g/mol. The van der Waals surface area contributed by atoms with Gasteiger partial charge in [-0.15, -0.1) is 0 Å². The van der Waals surface area contributed by atoms with Gasteiger partial charge in [-0.3, -0.25) is 19.2 Å². The van der Waals surface area contributed by atoms with Crippen molar-refractivity contribution < 1.29 is 47.6 Å². The van der Waals surface area contributed by atoms with Gasteiger partial charge in [0.25, 0.3) is 0 Å². The van der Waals surface area contributed by atoms with Crippen LogP contribution in [0.4, 0.5) is 0 Å². The van der Waals surface area contributed by atoms with Gasteiger partial charge in [0.05, 0.1) is 6.61 Å². The Kier molecular flexibility index (Phi) is 11.5. The van der Waals surface area contributed by atoms with E-state index >= 15 is 0 Å². The predicted molar refractivity (Wildman–Crippen MR) is 141 cm³/mol. The molecule has 1 N–H and O–H groups in total. The number of amides is 1. The minimum Gasteiger partial charge on any atom is -0.489 e. The third kappa shape index (κ3) is 9.65. The molecule has 40 heavy (non-hydrogen) atoms. The molecule has 11 nitrogen and oxygen atoms in total. The zero-order valence-electron chi connectivity index (χ0n) is 23.0. The Labute approximate surface area is 233 Å². The van der Waals surface area contributed by atoms with Crippen molar-refractivity contribution in [3.05, 3.63) is 65.7 Å². The SMILES string of the molecule is CC(=O)N[C@H]1[C@H](OCCc2ccc(OCc3ccccc3)cc2)O[C@H](COC(C)=O)[C@@H](OC(C)=O)[C@@H]1OC(C)=O. The van der Waals surface area contributed by atoms with Crippen LogP contribution in [0.15, 0.2) is 54.6 Å². The minimum absolute atomic E-state index is 0.177. The molecule has 1 aliphatic heterocycles. The molecule has 0 saturated carbocycles. The van der Waals surface area contributed by atoms with Crippen LogP contribution in [-0.4, -0.2) is 67.7 Å². The fourth-order valence-electron chi connectivity index (χ4n) is 4.22. The van der Waals surface area contributed by atoms with Gasteiger partial charge < -0.3 is 33.7 Å². The largest absolute Gasteiger partial charge is 0.489 e. The van der Waals surface area contributed by atoms with Crippen LogP contribution in [0.2, 0.25) is 0 Å². The molecule has 0 spiro atoms. The molecule has 2 aromatic carbocycles. The first-order valence-electron chi connectivity index (χ1n) is 12.9. The molecule has 216 valence electrons. The lowest BCUT2D eigenvalue weighted by atomic mass is 9.96. The highest BCUT2D eigenvalue weighted by Crippen LogP contribution is 2.28. The number of hydrogen-bond donors (Lipinski definition) is 1. The Bertz CT molecular complexity index is 1140. The summed E-state index contributed by atoms with van der Waals surface area (Å²) in [6.45, 7) is 5.23. The maximum absolute atomic E-state index is 12.0. The summed E-state index contributed by atoms with van der Waals surface area (Å²) in [5.41, 5.74) is 2.03. The summed E-state index contributed by atoms with van der Waals surface area (Å²) in [7, 11) is 0. The molecule has 0 aromatic heterocycles. The van der Waals surface area contributed by atoms with E-state index in [1.807, 2.05) is 54.6 Å². The first-order valence-corrected chi connectivity index (χ1v) is 12.9. The van der Waals surface area contributed by atoms with Gasteiger partial charge in [-0.25, -0.2) is 0 Å². The summed E-state index contributed by atoms with van der Waals surface area (Å²) in [6.07, 6.45) is -3.96. The number of carbonyl (C=O) groups excluding carboxylic acids is 4. The van der Waals surface area contributed by atoms with Crippen LogP contribution in [0.1, 0.15) is 38.8 Å². The van der Waals surface area contributed by atoms with Crippen LogP contribution in [-0.2, 0) is 55.9 Å². The highest BCUT2D eigenvalue weighted by Gasteiger charge is 2.51. The molecule has 0 unspecified atom stereocenters. The van der Waals surface area contributed by atoms with Crippen molar-refractivity contribution in [1.29, 1.82) is 0 Å². The van der Waals surface area contributed by atoms with Gasteiger partial charge in [0, 0.05) is 27.7 Å². The molecule has 2 aromatic rings. The minimum atomic E-state index is -1.17. The normalized spacial score (nSPS) is 22.1. The van der Waals surface area contributed by atoms with Crippen molar-refractivity contribution in [2.45, 2.75) is 71.4 Å². The number of hydrogen-bond acceptors (Lipinski definition) is 10. The van der Waals surface area contributed by atoms with Crippen LogP contribution in [0, 0.1) is 0 Å². The molecule has 3 rings (SSSR count). The van der Waals surface area contributed by atoms with Gasteiger partial charge >= 0.3 is 17.9 Å². The van der Waals surface area contributed by atoms with E-state index in [9.17, 15) is 19.2 Å². The maximum atomic E-state index is 12.0. The summed E-state index contributed by atoms with van der Waals surface area (Å²) in [6, 6.07) is 16.4. The second-order valence-corrected chi connectivity index (χ2v) is 9.26. The third-order valence-corrected chi connectivity index (χ3v) is 5.92. The van der Waals surface area contributed by atoms with Crippen LogP contribution >= 0.6 is 0 Å². The highest BCUT2D eigenvalue weighted by molar-refractivity contribution is 5.73. The number of benzene rings is 2. The Morgan fingerprint density at radius 2 is 1.45 bits per heavy atom. The molecule has 11 heteroatoms. The third-order valence-electron chi connectivity index (χ3n) is 5.92. The lowest BCUT2D eigenvalue weighted by Gasteiger charge is -2.44. The van der Waals surface area contributed by atoms with E-state index in [2.05, 4.69) is 5.32 Å².